The van der Waals surface area contributed by atoms with Gasteiger partial charge in [-0.3, -0.25) is 9.59 Å². The van der Waals surface area contributed by atoms with Crippen molar-refractivity contribution in [3.8, 4) is 22.5 Å². The molecule has 3 aromatic rings. The van der Waals surface area contributed by atoms with E-state index in [0.717, 1.165) is 66.8 Å². The predicted octanol–water partition coefficient (Wildman–Crippen LogP) is 5.24. The number of carbonyl (C=O) groups excluding carboxylic acids is 2. The van der Waals surface area contributed by atoms with E-state index in [0.29, 0.717) is 51.8 Å². The molecule has 0 saturated heterocycles. The zero-order chi connectivity index (χ0) is 32.6. The molecule has 2 amide bonds. The third kappa shape index (κ3) is 10.4. The average Bonchev–Trinajstić information content (AvgIpc) is 3.49. The minimum absolute atomic E-state index is 0.0855. The van der Waals surface area contributed by atoms with Crippen molar-refractivity contribution in [3.63, 3.8) is 0 Å². The van der Waals surface area contributed by atoms with Crippen molar-refractivity contribution < 1.29 is 33.0 Å². The summed E-state index contributed by atoms with van der Waals surface area (Å²) in [6.07, 6.45) is 4.67. The Hall–Kier alpha value is -3.25. The fourth-order valence-electron chi connectivity index (χ4n) is 5.26. The number of hydrogen-bond donors (Lipinski definition) is 2. The fraction of sp³-hybridized carbons (Fsp3) is 0.515. The van der Waals surface area contributed by atoms with Gasteiger partial charge in [0.2, 0.25) is 11.8 Å². The Morgan fingerprint density at radius 3 is 2.46 bits per heavy atom. The molecule has 2 aromatic carbocycles. The SMILES string of the molecule is CCCOCCOCCn1nnc2c1-c1ccccc1CN(C(=O)CCC(=O)NCCCCCCOP(O)OC)c1ccccc1-2. The second kappa shape index (κ2) is 19.4. The summed E-state index contributed by atoms with van der Waals surface area (Å²) >= 11 is 0. The molecule has 0 saturated carbocycles. The lowest BCUT2D eigenvalue weighted by Gasteiger charge is -2.28. The highest BCUT2D eigenvalue weighted by Crippen LogP contribution is 2.41. The van der Waals surface area contributed by atoms with Crippen LogP contribution in [0, 0.1) is 0 Å². The van der Waals surface area contributed by atoms with Crippen LogP contribution in [0.1, 0.15) is 57.4 Å². The Kier molecular flexibility index (Phi) is 15.0. The maximum Gasteiger partial charge on any atom is 0.329 e. The zero-order valence-electron chi connectivity index (χ0n) is 26.9. The molecule has 0 spiro atoms. The highest BCUT2D eigenvalue weighted by molar-refractivity contribution is 7.40. The molecule has 46 heavy (non-hydrogen) atoms. The van der Waals surface area contributed by atoms with Gasteiger partial charge in [0.1, 0.15) is 5.69 Å². The number of fused-ring (bicyclic) bond motifs is 5. The molecule has 12 nitrogen and oxygen atoms in total. The molecular weight excluding hydrogens is 609 g/mol. The van der Waals surface area contributed by atoms with E-state index in [2.05, 4.69) is 22.6 Å². The maximum absolute atomic E-state index is 13.7. The number of unbranched alkanes of at least 4 members (excludes halogenated alkanes) is 3. The molecule has 2 heterocycles. The summed E-state index contributed by atoms with van der Waals surface area (Å²) in [6, 6.07) is 15.7. The Bertz CT molecular complexity index is 1390. The summed E-state index contributed by atoms with van der Waals surface area (Å²) in [5.74, 6) is -0.278. The standard InChI is InChI=1S/C33H46N5O7P/c1-3-20-43-23-24-44-22-19-38-33-27-13-7-6-12-26(27)25-37(29-15-9-8-14-28(29)32(33)35-36-38)31(40)17-16-30(39)34-18-10-4-5-11-21-45-46(41)42-2/h6-9,12-15,41H,3-5,10-11,16-25H2,1-2H3,(H,34,39). The van der Waals surface area contributed by atoms with Crippen molar-refractivity contribution in [2.24, 2.45) is 0 Å². The maximum atomic E-state index is 13.7. The van der Waals surface area contributed by atoms with Crippen LogP contribution in [0.2, 0.25) is 0 Å². The number of rotatable bonds is 20. The van der Waals surface area contributed by atoms with Crippen molar-refractivity contribution in [3.05, 3.63) is 54.1 Å². The minimum atomic E-state index is -1.78. The van der Waals surface area contributed by atoms with E-state index >= 15 is 0 Å². The number of nitrogens with one attached hydrogen (secondary N) is 1. The first-order chi connectivity index (χ1) is 22.5. The lowest BCUT2D eigenvalue weighted by molar-refractivity contribution is -0.125. The molecule has 1 aliphatic heterocycles. The van der Waals surface area contributed by atoms with Crippen LogP contribution in [0.15, 0.2) is 48.5 Å². The van der Waals surface area contributed by atoms with Gasteiger partial charge in [0.05, 0.1) is 50.9 Å². The number of benzene rings is 2. The van der Waals surface area contributed by atoms with Crippen LogP contribution in [0.25, 0.3) is 22.5 Å². The van der Waals surface area contributed by atoms with Gasteiger partial charge in [0, 0.05) is 44.2 Å². The Morgan fingerprint density at radius 1 is 0.913 bits per heavy atom. The van der Waals surface area contributed by atoms with Gasteiger partial charge in [-0.2, -0.15) is 0 Å². The molecule has 1 atom stereocenters. The summed E-state index contributed by atoms with van der Waals surface area (Å²) in [6.45, 7) is 6.23. The number of ether oxygens (including phenoxy) is 2. The predicted molar refractivity (Wildman–Crippen MR) is 177 cm³/mol. The lowest BCUT2D eigenvalue weighted by atomic mass is 9.95. The normalized spacial score (nSPS) is 12.9. The van der Waals surface area contributed by atoms with E-state index in [1.54, 1.807) is 4.90 Å². The number of anilines is 1. The van der Waals surface area contributed by atoms with E-state index in [-0.39, 0.29) is 24.7 Å². The Labute approximate surface area is 272 Å². The first-order valence-electron chi connectivity index (χ1n) is 16.0. The van der Waals surface area contributed by atoms with E-state index in [9.17, 15) is 14.5 Å². The molecule has 4 rings (SSSR count). The number of aromatic nitrogens is 3. The summed E-state index contributed by atoms with van der Waals surface area (Å²) in [4.78, 5) is 37.4. The number of carbonyl (C=O) groups is 2. The van der Waals surface area contributed by atoms with Gasteiger partial charge in [-0.15, -0.1) is 5.10 Å². The monoisotopic (exact) mass is 655 g/mol. The van der Waals surface area contributed by atoms with E-state index in [1.807, 2.05) is 53.2 Å². The number of nitrogens with zero attached hydrogens (tertiary/aromatic N) is 4. The van der Waals surface area contributed by atoms with E-state index < -0.39 is 8.60 Å². The van der Waals surface area contributed by atoms with Gasteiger partial charge in [0.15, 0.2) is 0 Å². The molecule has 0 radical (unpaired) electrons. The quantitative estimate of drug-likeness (QED) is 0.124. The second-order valence-corrected chi connectivity index (χ2v) is 12.0. The van der Waals surface area contributed by atoms with Crippen molar-refractivity contribution in [1.82, 2.24) is 20.3 Å². The first-order valence-corrected chi connectivity index (χ1v) is 17.2. The Balaban J connectivity index is 1.37. The third-order valence-electron chi connectivity index (χ3n) is 7.57. The summed E-state index contributed by atoms with van der Waals surface area (Å²) in [7, 11) is -0.371. The van der Waals surface area contributed by atoms with Gasteiger partial charge in [-0.25, -0.2) is 4.68 Å². The largest absolute Gasteiger partial charge is 0.379 e. The summed E-state index contributed by atoms with van der Waals surface area (Å²) < 4.78 is 23.0. The van der Waals surface area contributed by atoms with Crippen molar-refractivity contribution >= 4 is 26.1 Å². The molecule has 13 heteroatoms. The second-order valence-electron chi connectivity index (χ2n) is 10.9. The number of hydrogen-bond acceptors (Lipinski definition) is 9. The van der Waals surface area contributed by atoms with Gasteiger partial charge in [0.25, 0.3) is 0 Å². The van der Waals surface area contributed by atoms with E-state index in [4.69, 9.17) is 18.5 Å². The minimum Gasteiger partial charge on any atom is -0.379 e. The average molecular weight is 656 g/mol. The van der Waals surface area contributed by atoms with Crippen LogP contribution in [0.5, 0.6) is 0 Å². The fourth-order valence-corrected chi connectivity index (χ4v) is 5.65. The van der Waals surface area contributed by atoms with Crippen LogP contribution in [0.3, 0.4) is 0 Å². The van der Waals surface area contributed by atoms with Gasteiger partial charge in [-0.1, -0.05) is 67.4 Å². The van der Waals surface area contributed by atoms with Crippen molar-refractivity contribution in [2.45, 2.75) is 65.0 Å². The van der Waals surface area contributed by atoms with Gasteiger partial charge < -0.3 is 33.6 Å². The topological polar surface area (TPSA) is 137 Å². The summed E-state index contributed by atoms with van der Waals surface area (Å²) in [5, 5.41) is 12.0. The smallest absolute Gasteiger partial charge is 0.329 e. The van der Waals surface area contributed by atoms with Gasteiger partial charge >= 0.3 is 8.60 Å². The van der Waals surface area contributed by atoms with Crippen LogP contribution in [0.4, 0.5) is 5.69 Å². The molecular formula is C33H46N5O7P. The van der Waals surface area contributed by atoms with Crippen LogP contribution in [-0.4, -0.2) is 78.4 Å². The molecule has 250 valence electrons. The molecule has 0 bridgehead atoms. The molecule has 0 fully saturated rings. The van der Waals surface area contributed by atoms with Crippen LogP contribution < -0.4 is 10.2 Å². The molecule has 2 N–H and O–H groups in total. The van der Waals surface area contributed by atoms with E-state index in [1.165, 1.54) is 7.11 Å². The van der Waals surface area contributed by atoms with Crippen molar-refractivity contribution in [1.29, 1.82) is 0 Å². The molecule has 0 aliphatic carbocycles. The molecule has 1 aliphatic rings. The highest BCUT2D eigenvalue weighted by atomic mass is 31.2. The molecule has 1 aromatic heterocycles. The molecule has 1 unspecified atom stereocenters. The van der Waals surface area contributed by atoms with Crippen molar-refractivity contribution in [2.75, 3.05) is 51.6 Å². The van der Waals surface area contributed by atoms with Crippen LogP contribution in [-0.2, 0) is 41.2 Å². The zero-order valence-corrected chi connectivity index (χ0v) is 27.8. The lowest BCUT2D eigenvalue weighted by Crippen LogP contribution is -2.33. The van der Waals surface area contributed by atoms with Crippen LogP contribution >= 0.6 is 8.60 Å². The Morgan fingerprint density at radius 2 is 1.65 bits per heavy atom. The third-order valence-corrected chi connectivity index (χ3v) is 8.29. The summed E-state index contributed by atoms with van der Waals surface area (Å²) in [5.41, 5.74) is 5.07. The number of para-hydroxylation sites is 1. The first kappa shape index (κ1) is 35.6. The highest BCUT2D eigenvalue weighted by Gasteiger charge is 2.29. The van der Waals surface area contributed by atoms with Gasteiger partial charge in [-0.05, 0) is 30.9 Å². The number of amides is 2.